The third-order valence-corrected chi connectivity index (χ3v) is 3.44. The maximum Gasteiger partial charge on any atom is 0.343 e. The predicted octanol–water partition coefficient (Wildman–Crippen LogP) is 2.70. The minimum Gasteiger partial charge on any atom is -0.462 e. The zero-order chi connectivity index (χ0) is 17.6. The second-order valence-corrected chi connectivity index (χ2v) is 5.06. The lowest BCUT2D eigenvalue weighted by Crippen LogP contribution is -2.18. The number of rotatable bonds is 5. The molecule has 126 valence electrons. The van der Waals surface area contributed by atoms with Gasteiger partial charge in [0.05, 0.1) is 18.5 Å². The van der Waals surface area contributed by atoms with Gasteiger partial charge in [0, 0.05) is 18.0 Å². The average Bonchev–Trinajstić information content (AvgIpc) is 3.07. The molecule has 7 nitrogen and oxygen atoms in total. The van der Waals surface area contributed by atoms with Gasteiger partial charge in [-0.15, -0.1) is 0 Å². The van der Waals surface area contributed by atoms with E-state index >= 15 is 0 Å². The van der Waals surface area contributed by atoms with Gasteiger partial charge in [-0.05, 0) is 31.2 Å². The molecule has 1 amide bonds. The van der Waals surface area contributed by atoms with Crippen LogP contribution in [0.25, 0.3) is 5.69 Å². The Hall–Kier alpha value is -3.48. The van der Waals surface area contributed by atoms with Crippen LogP contribution in [0.3, 0.4) is 0 Å². The molecule has 1 N–H and O–H groups in total. The first kappa shape index (κ1) is 16.4. The number of aromatic nitrogens is 3. The van der Waals surface area contributed by atoms with Gasteiger partial charge in [-0.25, -0.2) is 9.48 Å². The van der Waals surface area contributed by atoms with Crippen molar-refractivity contribution in [2.24, 2.45) is 0 Å². The molecule has 0 aliphatic carbocycles. The molecule has 0 unspecified atom stereocenters. The van der Waals surface area contributed by atoms with Crippen molar-refractivity contribution in [1.29, 1.82) is 0 Å². The van der Waals surface area contributed by atoms with Gasteiger partial charge >= 0.3 is 5.97 Å². The number of carbonyl (C=O) groups is 2. The van der Waals surface area contributed by atoms with Crippen LogP contribution in [0, 0.1) is 0 Å². The minimum absolute atomic E-state index is 0.188. The summed E-state index contributed by atoms with van der Waals surface area (Å²) < 4.78 is 6.54. The summed E-state index contributed by atoms with van der Waals surface area (Å²) in [6.45, 7) is 1.95. The molecule has 0 spiro atoms. The highest BCUT2D eigenvalue weighted by molar-refractivity contribution is 6.07. The smallest absolute Gasteiger partial charge is 0.343 e. The van der Waals surface area contributed by atoms with Crippen molar-refractivity contribution >= 4 is 17.7 Å². The average molecular weight is 336 g/mol. The Morgan fingerprint density at radius 3 is 2.52 bits per heavy atom. The molecule has 0 aliphatic rings. The Morgan fingerprint density at radius 2 is 1.84 bits per heavy atom. The first-order valence-corrected chi connectivity index (χ1v) is 7.72. The Bertz CT molecular complexity index is 876. The number of nitrogens with zero attached hydrogens (tertiary/aromatic N) is 3. The van der Waals surface area contributed by atoms with Gasteiger partial charge < -0.3 is 10.1 Å². The Balaban J connectivity index is 2.01. The lowest BCUT2D eigenvalue weighted by Gasteiger charge is -2.11. The highest BCUT2D eigenvalue weighted by Gasteiger charge is 2.21. The fourth-order valence-electron chi connectivity index (χ4n) is 2.27. The quantitative estimate of drug-likeness (QED) is 0.724. The number of para-hydroxylation sites is 1. The van der Waals surface area contributed by atoms with Gasteiger partial charge in [-0.3, -0.25) is 9.78 Å². The zero-order valence-electron chi connectivity index (χ0n) is 13.5. The summed E-state index contributed by atoms with van der Waals surface area (Å²) in [6, 6.07) is 12.4. The normalized spacial score (nSPS) is 10.3. The second-order valence-electron chi connectivity index (χ2n) is 5.06. The summed E-state index contributed by atoms with van der Waals surface area (Å²) in [4.78, 5) is 28.6. The molecule has 25 heavy (non-hydrogen) atoms. The van der Waals surface area contributed by atoms with Gasteiger partial charge in [0.15, 0.2) is 5.82 Å². The second kappa shape index (κ2) is 7.39. The third kappa shape index (κ3) is 3.55. The first-order chi connectivity index (χ1) is 12.2. The van der Waals surface area contributed by atoms with Crippen molar-refractivity contribution < 1.29 is 14.3 Å². The lowest BCUT2D eigenvalue weighted by atomic mass is 10.2. The largest absolute Gasteiger partial charge is 0.462 e. The molecule has 3 rings (SSSR count). The molecular weight excluding hydrogens is 320 g/mol. The summed E-state index contributed by atoms with van der Waals surface area (Å²) in [5, 5.41) is 6.97. The van der Waals surface area contributed by atoms with E-state index in [1.54, 1.807) is 19.1 Å². The predicted molar refractivity (Wildman–Crippen MR) is 91.7 cm³/mol. The number of hydrogen-bond donors (Lipinski definition) is 1. The van der Waals surface area contributed by atoms with Crippen LogP contribution in [-0.4, -0.2) is 33.2 Å². The van der Waals surface area contributed by atoms with E-state index in [-0.39, 0.29) is 23.9 Å². The third-order valence-electron chi connectivity index (χ3n) is 3.44. The van der Waals surface area contributed by atoms with Crippen molar-refractivity contribution in [2.75, 3.05) is 11.9 Å². The molecule has 0 aliphatic heterocycles. The number of benzene rings is 1. The molecule has 0 bridgehead atoms. The maximum absolute atomic E-state index is 12.5. The van der Waals surface area contributed by atoms with E-state index in [0.29, 0.717) is 11.3 Å². The van der Waals surface area contributed by atoms with Gasteiger partial charge in [0.1, 0.15) is 5.56 Å². The van der Waals surface area contributed by atoms with Crippen LogP contribution in [0.2, 0.25) is 0 Å². The molecule has 2 aromatic heterocycles. The van der Waals surface area contributed by atoms with E-state index in [2.05, 4.69) is 15.4 Å². The Kier molecular flexibility index (Phi) is 4.84. The molecular formula is C18H16N4O3. The summed E-state index contributed by atoms with van der Waals surface area (Å²) in [7, 11) is 0. The molecule has 3 aromatic rings. The van der Waals surface area contributed by atoms with Gasteiger partial charge in [0.25, 0.3) is 5.91 Å². The van der Waals surface area contributed by atoms with Crippen molar-refractivity contribution in [3.8, 4) is 5.69 Å². The number of pyridine rings is 1. The Morgan fingerprint density at radius 1 is 1.12 bits per heavy atom. The lowest BCUT2D eigenvalue weighted by molar-refractivity contribution is 0.0527. The van der Waals surface area contributed by atoms with Crippen molar-refractivity contribution in [2.45, 2.75) is 6.92 Å². The number of ether oxygens (including phenoxy) is 1. The zero-order valence-corrected chi connectivity index (χ0v) is 13.5. The monoisotopic (exact) mass is 336 g/mol. The van der Waals surface area contributed by atoms with Crippen LogP contribution in [0.4, 0.5) is 5.82 Å². The molecule has 0 saturated carbocycles. The summed E-state index contributed by atoms with van der Waals surface area (Å²) in [6.07, 6.45) is 4.43. The van der Waals surface area contributed by atoms with Gasteiger partial charge in [-0.1, -0.05) is 18.2 Å². The van der Waals surface area contributed by atoms with Crippen molar-refractivity contribution in [3.05, 3.63) is 72.2 Å². The number of carbonyl (C=O) groups excluding carboxylic acids is 2. The summed E-state index contributed by atoms with van der Waals surface area (Å²) in [5.74, 6) is -0.660. The number of amides is 1. The molecule has 0 saturated heterocycles. The van der Waals surface area contributed by atoms with Crippen LogP contribution >= 0.6 is 0 Å². The summed E-state index contributed by atoms with van der Waals surface area (Å²) >= 11 is 0. The highest BCUT2D eigenvalue weighted by atomic mass is 16.5. The molecule has 2 heterocycles. The summed E-state index contributed by atoms with van der Waals surface area (Å²) in [5.41, 5.74) is 1.32. The number of anilines is 1. The van der Waals surface area contributed by atoms with E-state index in [0.717, 1.165) is 0 Å². The highest BCUT2D eigenvalue weighted by Crippen LogP contribution is 2.22. The fraction of sp³-hybridized carbons (Fsp3) is 0.111. The van der Waals surface area contributed by atoms with E-state index in [9.17, 15) is 9.59 Å². The standard InChI is InChI=1S/C18H16N4O3/c1-2-25-18(24)15-12-20-22(14-6-4-3-5-7-14)16(15)21-17(23)13-8-10-19-11-9-13/h3-12H,2H2,1H3,(H,21,23). The first-order valence-electron chi connectivity index (χ1n) is 7.72. The molecule has 0 radical (unpaired) electrons. The van der Waals surface area contributed by atoms with Crippen molar-refractivity contribution in [1.82, 2.24) is 14.8 Å². The van der Waals surface area contributed by atoms with Crippen LogP contribution in [-0.2, 0) is 4.74 Å². The fourth-order valence-corrected chi connectivity index (χ4v) is 2.27. The number of nitrogens with one attached hydrogen (secondary N) is 1. The topological polar surface area (TPSA) is 86.1 Å². The van der Waals surface area contributed by atoms with Crippen LogP contribution < -0.4 is 5.32 Å². The van der Waals surface area contributed by atoms with Crippen LogP contribution in [0.1, 0.15) is 27.6 Å². The number of esters is 1. The van der Waals surface area contributed by atoms with E-state index in [1.807, 2.05) is 30.3 Å². The van der Waals surface area contributed by atoms with Crippen LogP contribution in [0.5, 0.6) is 0 Å². The maximum atomic E-state index is 12.5. The van der Waals surface area contributed by atoms with Crippen LogP contribution in [0.15, 0.2) is 61.1 Å². The van der Waals surface area contributed by atoms with Gasteiger partial charge in [0.2, 0.25) is 0 Å². The molecule has 0 atom stereocenters. The van der Waals surface area contributed by atoms with Gasteiger partial charge in [-0.2, -0.15) is 5.10 Å². The Labute approximate surface area is 144 Å². The molecule has 0 fully saturated rings. The SMILES string of the molecule is CCOC(=O)c1cnn(-c2ccccc2)c1NC(=O)c1ccncc1. The van der Waals surface area contributed by atoms with Crippen molar-refractivity contribution in [3.63, 3.8) is 0 Å². The molecule has 7 heteroatoms. The molecule has 1 aromatic carbocycles. The minimum atomic E-state index is -0.547. The van der Waals surface area contributed by atoms with E-state index in [4.69, 9.17) is 4.74 Å². The van der Waals surface area contributed by atoms with E-state index in [1.165, 1.54) is 23.3 Å². The number of hydrogen-bond acceptors (Lipinski definition) is 5. The van der Waals surface area contributed by atoms with E-state index < -0.39 is 5.97 Å².